The molecule has 0 atom stereocenters. The van der Waals surface area contributed by atoms with Gasteiger partial charge in [-0.25, -0.2) is 4.98 Å². The highest BCUT2D eigenvalue weighted by molar-refractivity contribution is 5.77. The lowest BCUT2D eigenvalue weighted by molar-refractivity contribution is -0.122. The molecule has 1 fully saturated rings. The van der Waals surface area contributed by atoms with Gasteiger partial charge in [0.15, 0.2) is 0 Å². The molecule has 3 heterocycles. The van der Waals surface area contributed by atoms with E-state index < -0.39 is 0 Å². The van der Waals surface area contributed by atoms with E-state index in [4.69, 9.17) is 4.42 Å². The van der Waals surface area contributed by atoms with Gasteiger partial charge in [0.05, 0.1) is 10.9 Å². The fourth-order valence-corrected chi connectivity index (χ4v) is 4.01. The van der Waals surface area contributed by atoms with Crippen LogP contribution in [-0.2, 0) is 11.2 Å². The van der Waals surface area contributed by atoms with Crippen LogP contribution in [0.25, 0.3) is 22.4 Å². The molecule has 0 unspecified atom stereocenters. The lowest BCUT2D eigenvalue weighted by atomic mass is 9.95. The third-order valence-corrected chi connectivity index (χ3v) is 5.74. The maximum Gasteiger partial charge on any atom is 0.258 e. The summed E-state index contributed by atoms with van der Waals surface area (Å²) in [7, 11) is 0. The molecule has 0 spiro atoms. The van der Waals surface area contributed by atoms with Crippen molar-refractivity contribution in [2.75, 3.05) is 0 Å². The molecule has 1 aliphatic carbocycles. The molecule has 34 heavy (non-hydrogen) atoms. The van der Waals surface area contributed by atoms with Crippen molar-refractivity contribution < 1.29 is 9.21 Å². The fourth-order valence-electron chi connectivity index (χ4n) is 4.01. The minimum atomic E-state index is -0.114. The zero-order valence-corrected chi connectivity index (χ0v) is 18.9. The molecule has 0 aliphatic heterocycles. The summed E-state index contributed by atoms with van der Waals surface area (Å²) in [6.07, 6.45) is 12.4. The van der Waals surface area contributed by atoms with Crippen molar-refractivity contribution in [3.63, 3.8) is 0 Å². The summed E-state index contributed by atoms with van der Waals surface area (Å²) in [6.45, 7) is 0. The van der Waals surface area contributed by atoms with Gasteiger partial charge >= 0.3 is 0 Å². The summed E-state index contributed by atoms with van der Waals surface area (Å²) in [5, 5.41) is 11.0. The number of amides is 1. The van der Waals surface area contributed by atoms with E-state index in [-0.39, 0.29) is 11.5 Å². The maximum atomic E-state index is 12.0. The second-order valence-corrected chi connectivity index (χ2v) is 8.27. The second-order valence-electron chi connectivity index (χ2n) is 8.27. The van der Waals surface area contributed by atoms with Crippen LogP contribution >= 0.6 is 0 Å². The number of carbonyl (C=O) groups excluding carboxylic acids is 1. The first-order valence-corrected chi connectivity index (χ1v) is 11.6. The number of nitrogens with one attached hydrogen (secondary N) is 2. The largest absolute Gasteiger partial charge is 0.423 e. The number of benzene rings is 1. The Kier molecular flexibility index (Phi) is 8.10. The number of fused-ring (bicyclic) bond motifs is 1. The first kappa shape index (κ1) is 23.3. The molecular weight excluding hydrogens is 432 g/mol. The van der Waals surface area contributed by atoms with E-state index in [9.17, 15) is 9.59 Å². The summed E-state index contributed by atoms with van der Waals surface area (Å²) in [6, 6.07) is 11.3. The molecule has 1 aliphatic rings. The molecule has 176 valence electrons. The van der Waals surface area contributed by atoms with Crippen molar-refractivity contribution in [2.24, 2.45) is 0 Å². The highest BCUT2D eigenvalue weighted by Gasteiger charge is 2.15. The average molecular weight is 461 g/mol. The highest BCUT2D eigenvalue weighted by atomic mass is 16.4. The topological polar surface area (TPSA) is 127 Å². The number of rotatable bonds is 6. The van der Waals surface area contributed by atoms with Crippen molar-refractivity contribution in [1.82, 2.24) is 30.5 Å². The smallest absolute Gasteiger partial charge is 0.258 e. The number of aromatic amines is 1. The number of hydrogen-bond acceptors (Lipinski definition) is 7. The Balaban J connectivity index is 0.000000207. The van der Waals surface area contributed by atoms with Crippen LogP contribution in [0.2, 0.25) is 0 Å². The molecule has 1 saturated carbocycles. The van der Waals surface area contributed by atoms with Gasteiger partial charge in [-0.2, -0.15) is 0 Å². The summed E-state index contributed by atoms with van der Waals surface area (Å²) in [5.41, 5.74) is 1.48. The Morgan fingerprint density at radius 2 is 1.88 bits per heavy atom. The van der Waals surface area contributed by atoms with Gasteiger partial charge in [0.25, 0.3) is 5.56 Å². The summed E-state index contributed by atoms with van der Waals surface area (Å²) >= 11 is 0. The summed E-state index contributed by atoms with van der Waals surface area (Å²) in [4.78, 5) is 35.1. The number of H-pyrrole nitrogens is 1. The van der Waals surface area contributed by atoms with Crippen LogP contribution in [0.1, 0.15) is 50.8 Å². The quantitative estimate of drug-likeness (QED) is 0.448. The molecule has 2 N–H and O–H groups in total. The predicted octanol–water partition coefficient (Wildman–Crippen LogP) is 3.83. The van der Waals surface area contributed by atoms with Gasteiger partial charge in [0.1, 0.15) is 5.82 Å². The Bertz CT molecular complexity index is 1230. The number of aromatic nitrogens is 5. The fraction of sp³-hybridized carbons (Fsp3) is 0.360. The molecule has 9 nitrogen and oxygen atoms in total. The Labute approximate surface area is 197 Å². The summed E-state index contributed by atoms with van der Waals surface area (Å²) in [5.74, 6) is 1.28. The lowest BCUT2D eigenvalue weighted by Gasteiger charge is -2.22. The average Bonchev–Trinajstić information content (AvgIpc) is 3.41. The molecule has 0 bridgehead atoms. The first-order chi connectivity index (χ1) is 16.7. The van der Waals surface area contributed by atoms with Gasteiger partial charge < -0.3 is 14.7 Å². The van der Waals surface area contributed by atoms with Gasteiger partial charge in [-0.05, 0) is 43.5 Å². The molecule has 4 aromatic rings. The van der Waals surface area contributed by atoms with Gasteiger partial charge in [-0.15, -0.1) is 10.2 Å². The number of nitrogens with zero attached hydrogens (tertiary/aromatic N) is 4. The van der Waals surface area contributed by atoms with Crippen LogP contribution in [0.5, 0.6) is 0 Å². The number of pyridine rings is 1. The van der Waals surface area contributed by atoms with E-state index >= 15 is 0 Å². The molecule has 3 aromatic heterocycles. The normalized spacial score (nSPS) is 13.8. The first-order valence-electron chi connectivity index (χ1n) is 11.6. The van der Waals surface area contributed by atoms with Crippen molar-refractivity contribution in [3.05, 3.63) is 71.4 Å². The highest BCUT2D eigenvalue weighted by Crippen LogP contribution is 2.17. The molecule has 5 rings (SSSR count). The standard InChI is InChI=1S/C18H23N3O2.C7H5N3O/c22-17(19-13-7-2-1-3-8-13)12-6-11-16-20-15-10-5-4-9-14(15)18(23)21-16;1-3-8-4-2-6(1)7-10-9-5-11-7/h4-5,9-10,13H,1-3,6-8,11-12H2,(H,19,22)(H,20,21,23);1-5H. The summed E-state index contributed by atoms with van der Waals surface area (Å²) < 4.78 is 4.97. The second kappa shape index (κ2) is 11.8. The van der Waals surface area contributed by atoms with Gasteiger partial charge in [-0.3, -0.25) is 14.6 Å². The molecule has 0 saturated heterocycles. The lowest BCUT2D eigenvalue weighted by Crippen LogP contribution is -2.36. The number of para-hydroxylation sites is 1. The number of carbonyl (C=O) groups is 1. The van der Waals surface area contributed by atoms with Crippen LogP contribution in [0, 0.1) is 0 Å². The predicted molar refractivity (Wildman–Crippen MR) is 128 cm³/mol. The third kappa shape index (κ3) is 6.57. The van der Waals surface area contributed by atoms with Crippen LogP contribution in [-0.4, -0.2) is 37.1 Å². The van der Waals surface area contributed by atoms with E-state index in [1.807, 2.05) is 30.3 Å². The van der Waals surface area contributed by atoms with Crippen LogP contribution in [0.15, 0.2) is 64.4 Å². The van der Waals surface area contributed by atoms with E-state index in [2.05, 4.69) is 30.5 Å². The SMILES string of the molecule is O=C(CCCc1nc2ccccc2c(=O)[nH]1)NC1CCCCC1.c1cc(-c2nnco2)ccn1. The zero-order valence-electron chi connectivity index (χ0n) is 18.9. The van der Waals surface area contributed by atoms with Gasteiger partial charge in [0, 0.05) is 36.8 Å². The van der Waals surface area contributed by atoms with Crippen LogP contribution in [0.3, 0.4) is 0 Å². The number of hydrogen-bond donors (Lipinski definition) is 2. The Morgan fingerprint density at radius 1 is 1.09 bits per heavy atom. The van der Waals surface area contributed by atoms with Crippen molar-refractivity contribution >= 4 is 16.8 Å². The molecule has 9 heteroatoms. The zero-order chi connectivity index (χ0) is 23.6. The molecule has 1 aromatic carbocycles. The van der Waals surface area contributed by atoms with E-state index in [1.54, 1.807) is 18.5 Å². The van der Waals surface area contributed by atoms with Crippen molar-refractivity contribution in [1.29, 1.82) is 0 Å². The van der Waals surface area contributed by atoms with Gasteiger partial charge in [-0.1, -0.05) is 31.4 Å². The molecular formula is C25H28N6O3. The van der Waals surface area contributed by atoms with Gasteiger partial charge in [0.2, 0.25) is 18.2 Å². The van der Waals surface area contributed by atoms with Crippen molar-refractivity contribution in [2.45, 2.75) is 57.4 Å². The minimum absolute atomic E-state index is 0.111. The minimum Gasteiger partial charge on any atom is -0.423 e. The van der Waals surface area contributed by atoms with E-state index in [0.29, 0.717) is 47.9 Å². The maximum absolute atomic E-state index is 12.0. The van der Waals surface area contributed by atoms with Crippen LogP contribution < -0.4 is 10.9 Å². The number of aryl methyl sites for hydroxylation is 1. The molecule has 1 amide bonds. The Morgan fingerprint density at radius 3 is 2.65 bits per heavy atom. The van der Waals surface area contributed by atoms with Crippen LogP contribution in [0.4, 0.5) is 0 Å². The monoisotopic (exact) mass is 460 g/mol. The molecule has 0 radical (unpaired) electrons. The third-order valence-electron chi connectivity index (χ3n) is 5.74. The van der Waals surface area contributed by atoms with E-state index in [0.717, 1.165) is 18.4 Å². The van der Waals surface area contributed by atoms with E-state index in [1.165, 1.54) is 25.7 Å². The Hall–Kier alpha value is -3.88. The van der Waals surface area contributed by atoms with Crippen molar-refractivity contribution in [3.8, 4) is 11.5 Å².